The second kappa shape index (κ2) is 3.31. The number of rotatable bonds is 0. The third-order valence-electron chi connectivity index (χ3n) is 4.78. The average molecular weight is 221 g/mol. The molecule has 0 aromatic carbocycles. The van der Waals surface area contributed by atoms with Crippen molar-refractivity contribution in [1.29, 1.82) is 0 Å². The van der Waals surface area contributed by atoms with Crippen molar-refractivity contribution in [1.82, 2.24) is 4.90 Å². The maximum Gasteiger partial charge on any atom is 0.103 e. The topological polar surface area (TPSA) is 21.7 Å². The molecule has 16 heavy (non-hydrogen) atoms. The highest BCUT2D eigenvalue weighted by Crippen LogP contribution is 2.45. The third kappa shape index (κ3) is 1.19. The van der Waals surface area contributed by atoms with Gasteiger partial charge in [-0.1, -0.05) is 12.2 Å². The van der Waals surface area contributed by atoms with E-state index in [1.807, 2.05) is 0 Å². The minimum Gasteiger partial charge on any atom is -0.364 e. The smallest absolute Gasteiger partial charge is 0.103 e. The third-order valence-corrected chi connectivity index (χ3v) is 4.78. The summed E-state index contributed by atoms with van der Waals surface area (Å²) in [7, 11) is 0. The van der Waals surface area contributed by atoms with Crippen molar-refractivity contribution in [3.05, 3.63) is 12.2 Å². The Morgan fingerprint density at radius 3 is 3.25 bits per heavy atom. The first-order valence-electron chi connectivity index (χ1n) is 6.58. The van der Waals surface area contributed by atoms with Gasteiger partial charge in [0.05, 0.1) is 19.4 Å². The van der Waals surface area contributed by atoms with E-state index < -0.39 is 0 Å². The fourth-order valence-electron chi connectivity index (χ4n) is 4.00. The Kier molecular flexibility index (Phi) is 1.99. The SMILES string of the molecule is C1=C[C@@]23CCC[C@@H]4COCN4[C@H]2CCC1O3. The second-order valence-electron chi connectivity index (χ2n) is 5.62. The Hall–Kier alpha value is -0.380. The second-order valence-corrected chi connectivity index (χ2v) is 5.62. The van der Waals surface area contributed by atoms with Crippen LogP contribution in [0.3, 0.4) is 0 Å². The van der Waals surface area contributed by atoms with E-state index in [-0.39, 0.29) is 5.60 Å². The maximum atomic E-state index is 6.27. The lowest BCUT2D eigenvalue weighted by Gasteiger charge is -2.44. The minimum atomic E-state index is 0.0331. The Morgan fingerprint density at radius 2 is 2.25 bits per heavy atom. The molecule has 3 nitrogen and oxygen atoms in total. The fraction of sp³-hybridized carbons (Fsp3) is 0.846. The van der Waals surface area contributed by atoms with Gasteiger partial charge in [-0.3, -0.25) is 4.90 Å². The quantitative estimate of drug-likeness (QED) is 0.581. The summed E-state index contributed by atoms with van der Waals surface area (Å²) >= 11 is 0. The molecular formula is C13H19NO2. The highest BCUT2D eigenvalue weighted by molar-refractivity contribution is 5.21. The van der Waals surface area contributed by atoms with Gasteiger partial charge in [0.15, 0.2) is 0 Å². The van der Waals surface area contributed by atoms with E-state index in [0.29, 0.717) is 18.2 Å². The molecule has 0 amide bonds. The number of ether oxygens (including phenoxy) is 2. The maximum absolute atomic E-state index is 6.27. The average Bonchev–Trinajstić information content (AvgIpc) is 2.83. The predicted octanol–water partition coefficient (Wildman–Crippen LogP) is 1.68. The molecule has 4 atom stereocenters. The summed E-state index contributed by atoms with van der Waals surface area (Å²) < 4.78 is 11.9. The van der Waals surface area contributed by atoms with Gasteiger partial charge in [-0.25, -0.2) is 0 Å². The van der Waals surface area contributed by atoms with E-state index in [4.69, 9.17) is 9.47 Å². The van der Waals surface area contributed by atoms with Gasteiger partial charge in [-0.15, -0.1) is 0 Å². The summed E-state index contributed by atoms with van der Waals surface area (Å²) in [4.78, 5) is 2.57. The molecule has 2 bridgehead atoms. The molecule has 3 fully saturated rings. The van der Waals surface area contributed by atoms with E-state index in [9.17, 15) is 0 Å². The van der Waals surface area contributed by atoms with E-state index in [2.05, 4.69) is 17.1 Å². The van der Waals surface area contributed by atoms with Crippen LogP contribution < -0.4 is 0 Å². The molecule has 0 saturated carbocycles. The Balaban J connectivity index is 1.72. The van der Waals surface area contributed by atoms with E-state index >= 15 is 0 Å². The fourth-order valence-corrected chi connectivity index (χ4v) is 4.00. The summed E-state index contributed by atoms with van der Waals surface area (Å²) in [5.74, 6) is 0. The van der Waals surface area contributed by atoms with Crippen LogP contribution in [0, 0.1) is 0 Å². The molecule has 4 heterocycles. The van der Waals surface area contributed by atoms with Gasteiger partial charge in [0.1, 0.15) is 5.60 Å². The van der Waals surface area contributed by atoms with Gasteiger partial charge in [0, 0.05) is 12.1 Å². The first kappa shape index (κ1) is 9.63. The molecule has 3 heteroatoms. The number of hydrogen-bond donors (Lipinski definition) is 0. The number of nitrogens with zero attached hydrogens (tertiary/aromatic N) is 1. The molecule has 4 rings (SSSR count). The van der Waals surface area contributed by atoms with Gasteiger partial charge < -0.3 is 9.47 Å². The molecule has 0 aliphatic carbocycles. The van der Waals surface area contributed by atoms with Crippen molar-refractivity contribution < 1.29 is 9.47 Å². The molecular weight excluding hydrogens is 202 g/mol. The Morgan fingerprint density at radius 1 is 1.25 bits per heavy atom. The number of hydrogen-bond acceptors (Lipinski definition) is 3. The molecule has 1 unspecified atom stereocenters. The standard InChI is InChI=1S/C13H19NO2/c1-2-10-8-15-9-14(10)12-4-3-11-5-7-13(12,6-1)16-11/h5,7,10-12H,1-4,6,8-9H2/t10-,11?,12+,13+/m1/s1. The predicted molar refractivity (Wildman–Crippen MR) is 60.1 cm³/mol. The monoisotopic (exact) mass is 221 g/mol. The van der Waals surface area contributed by atoms with Gasteiger partial charge in [-0.2, -0.15) is 0 Å². The molecule has 0 radical (unpaired) electrons. The summed E-state index contributed by atoms with van der Waals surface area (Å²) in [5.41, 5.74) is 0.0331. The van der Waals surface area contributed by atoms with Crippen molar-refractivity contribution in [2.75, 3.05) is 13.3 Å². The van der Waals surface area contributed by atoms with Crippen LogP contribution in [0.5, 0.6) is 0 Å². The van der Waals surface area contributed by atoms with Crippen molar-refractivity contribution in [2.24, 2.45) is 0 Å². The first-order valence-corrected chi connectivity index (χ1v) is 6.58. The number of fused-ring (bicyclic) bond motifs is 3. The van der Waals surface area contributed by atoms with Gasteiger partial charge in [0.25, 0.3) is 0 Å². The lowest BCUT2D eigenvalue weighted by atomic mass is 9.86. The highest BCUT2D eigenvalue weighted by Gasteiger charge is 2.52. The lowest BCUT2D eigenvalue weighted by Crippen LogP contribution is -2.55. The normalized spacial score (nSPS) is 51.1. The summed E-state index contributed by atoms with van der Waals surface area (Å²) in [6, 6.07) is 1.22. The van der Waals surface area contributed by atoms with E-state index in [0.717, 1.165) is 13.3 Å². The zero-order chi connectivity index (χ0) is 10.6. The molecule has 3 saturated heterocycles. The summed E-state index contributed by atoms with van der Waals surface area (Å²) in [6.07, 6.45) is 11.3. The molecule has 0 aromatic rings. The Bertz CT molecular complexity index is 330. The van der Waals surface area contributed by atoms with Crippen LogP contribution in [0.4, 0.5) is 0 Å². The summed E-state index contributed by atoms with van der Waals surface area (Å²) in [5, 5.41) is 0. The lowest BCUT2D eigenvalue weighted by molar-refractivity contribution is -0.118. The van der Waals surface area contributed by atoms with Gasteiger partial charge in [0.2, 0.25) is 0 Å². The van der Waals surface area contributed by atoms with Crippen LogP contribution in [0.2, 0.25) is 0 Å². The first-order chi connectivity index (χ1) is 7.87. The molecule has 0 aromatic heterocycles. The van der Waals surface area contributed by atoms with Crippen LogP contribution in [-0.4, -0.2) is 42.0 Å². The van der Waals surface area contributed by atoms with Crippen LogP contribution in [0.1, 0.15) is 32.1 Å². The highest BCUT2D eigenvalue weighted by atomic mass is 16.5. The van der Waals surface area contributed by atoms with Crippen LogP contribution in [0.15, 0.2) is 12.2 Å². The van der Waals surface area contributed by atoms with Crippen molar-refractivity contribution >= 4 is 0 Å². The molecule has 1 spiro atoms. The van der Waals surface area contributed by atoms with Crippen LogP contribution >= 0.6 is 0 Å². The zero-order valence-corrected chi connectivity index (χ0v) is 9.60. The molecule has 0 N–H and O–H groups in total. The van der Waals surface area contributed by atoms with Crippen molar-refractivity contribution in [3.63, 3.8) is 0 Å². The molecule has 4 aliphatic rings. The van der Waals surface area contributed by atoms with Gasteiger partial charge in [-0.05, 0) is 32.1 Å². The molecule has 4 aliphatic heterocycles. The summed E-state index contributed by atoms with van der Waals surface area (Å²) in [6.45, 7) is 1.75. The van der Waals surface area contributed by atoms with E-state index in [1.165, 1.54) is 32.1 Å². The van der Waals surface area contributed by atoms with Crippen LogP contribution in [0.25, 0.3) is 0 Å². The zero-order valence-electron chi connectivity index (χ0n) is 9.60. The molecule has 88 valence electrons. The van der Waals surface area contributed by atoms with Crippen molar-refractivity contribution in [2.45, 2.75) is 55.9 Å². The van der Waals surface area contributed by atoms with Gasteiger partial charge >= 0.3 is 0 Å². The van der Waals surface area contributed by atoms with E-state index in [1.54, 1.807) is 0 Å². The van der Waals surface area contributed by atoms with Crippen LogP contribution in [-0.2, 0) is 9.47 Å². The minimum absolute atomic E-state index is 0.0331. The van der Waals surface area contributed by atoms with Crippen molar-refractivity contribution in [3.8, 4) is 0 Å². The largest absolute Gasteiger partial charge is 0.364 e. The Labute approximate surface area is 96.4 Å².